The van der Waals surface area contributed by atoms with E-state index in [1.54, 1.807) is 20.8 Å². The maximum absolute atomic E-state index is 12.3. The minimum absolute atomic E-state index is 0.210. The number of nitrogens with one attached hydrogen (secondary N) is 2. The van der Waals surface area contributed by atoms with Gasteiger partial charge in [-0.2, -0.15) is 0 Å². The largest absolute Gasteiger partial charge is 0.445 e. The van der Waals surface area contributed by atoms with Crippen LogP contribution in [0, 0.1) is 6.92 Å². The first kappa shape index (κ1) is 25.6. The predicted molar refractivity (Wildman–Crippen MR) is 113 cm³/mol. The van der Waals surface area contributed by atoms with Gasteiger partial charge < -0.3 is 19.5 Å². The molecule has 0 aliphatic heterocycles. The Morgan fingerprint density at radius 1 is 1.03 bits per heavy atom. The van der Waals surface area contributed by atoms with Crippen molar-refractivity contribution in [1.29, 1.82) is 0 Å². The molecule has 1 aromatic carbocycles. The molecule has 0 saturated carbocycles. The molecule has 1 unspecified atom stereocenters. The molecular weight excluding hydrogens is 443 g/mol. The second-order valence-electron chi connectivity index (χ2n) is 7.41. The minimum Gasteiger partial charge on any atom is -0.445 e. The molecule has 29 heavy (non-hydrogen) atoms. The molecule has 2 atom stereocenters. The molecule has 7 nitrogen and oxygen atoms in total. The summed E-state index contributed by atoms with van der Waals surface area (Å²) in [7, 11) is 1.42. The Morgan fingerprint density at radius 3 is 2.10 bits per heavy atom. The Morgan fingerprint density at radius 2 is 1.62 bits per heavy atom. The molecule has 1 aromatic rings. The van der Waals surface area contributed by atoms with Crippen LogP contribution < -0.4 is 10.6 Å². The van der Waals surface area contributed by atoms with E-state index >= 15 is 0 Å². The third-order valence-electron chi connectivity index (χ3n) is 3.55. The number of hydrogen-bond acceptors (Lipinski definition) is 5. The summed E-state index contributed by atoms with van der Waals surface area (Å²) < 4.78 is 13.8. The number of methoxy groups -OCH3 is 1. The normalized spacial score (nSPS) is 13.9. The van der Waals surface area contributed by atoms with Gasteiger partial charge in [0, 0.05) is 13.5 Å². The third kappa shape index (κ3) is 11.4. The SMILES string of the molecule is COC(C[C@H](NC(=O)OC(C)(C)C)c1ccc(C)cc1)NC(=O)OCC(Cl)(Cl)Cl. The molecule has 0 bridgehead atoms. The van der Waals surface area contributed by atoms with Gasteiger partial charge in [-0.1, -0.05) is 64.6 Å². The van der Waals surface area contributed by atoms with Crippen LogP contribution >= 0.6 is 34.8 Å². The Hall–Kier alpha value is -1.41. The lowest BCUT2D eigenvalue weighted by atomic mass is 10.0. The molecule has 0 fully saturated rings. The maximum atomic E-state index is 12.3. The molecule has 164 valence electrons. The molecule has 1 rings (SSSR count). The van der Waals surface area contributed by atoms with Crippen LogP contribution in [-0.4, -0.2) is 41.5 Å². The standard InChI is InChI=1S/C19H27Cl3N2O5/c1-12-6-8-13(9-7-12)14(23-17(26)29-18(2,3)4)10-15(27-5)24-16(25)28-11-19(20,21)22/h6-9,14-15H,10-11H2,1-5H3,(H,23,26)(H,24,25)/t14-,15?/m0/s1. The first-order valence-electron chi connectivity index (χ1n) is 8.88. The van der Waals surface area contributed by atoms with E-state index in [4.69, 9.17) is 49.0 Å². The van der Waals surface area contributed by atoms with Gasteiger partial charge in [-0.15, -0.1) is 0 Å². The van der Waals surface area contributed by atoms with Crippen molar-refractivity contribution in [2.24, 2.45) is 0 Å². The van der Waals surface area contributed by atoms with E-state index in [1.165, 1.54) is 7.11 Å². The van der Waals surface area contributed by atoms with Crippen LogP contribution in [0.3, 0.4) is 0 Å². The highest BCUT2D eigenvalue weighted by Crippen LogP contribution is 2.26. The van der Waals surface area contributed by atoms with Gasteiger partial charge in [-0.25, -0.2) is 9.59 Å². The summed E-state index contributed by atoms with van der Waals surface area (Å²) in [5.41, 5.74) is 1.24. The number of aryl methyl sites for hydroxylation is 1. The fourth-order valence-corrected chi connectivity index (χ4v) is 2.44. The lowest BCUT2D eigenvalue weighted by Crippen LogP contribution is -2.42. The summed E-state index contributed by atoms with van der Waals surface area (Å²) in [5, 5.41) is 5.33. The fraction of sp³-hybridized carbons (Fsp3) is 0.579. The van der Waals surface area contributed by atoms with Crippen LogP contribution in [0.25, 0.3) is 0 Å². The number of alkyl carbamates (subject to hydrolysis) is 2. The van der Waals surface area contributed by atoms with E-state index in [1.807, 2.05) is 31.2 Å². The van der Waals surface area contributed by atoms with Crippen LogP contribution in [0.5, 0.6) is 0 Å². The van der Waals surface area contributed by atoms with E-state index in [9.17, 15) is 9.59 Å². The topological polar surface area (TPSA) is 85.9 Å². The van der Waals surface area contributed by atoms with Gasteiger partial charge in [0.15, 0.2) is 0 Å². The van der Waals surface area contributed by atoms with E-state index in [2.05, 4.69) is 10.6 Å². The van der Waals surface area contributed by atoms with Crippen molar-refractivity contribution in [3.8, 4) is 0 Å². The zero-order valence-electron chi connectivity index (χ0n) is 17.1. The number of carbonyl (C=O) groups is 2. The Balaban J connectivity index is 2.86. The quantitative estimate of drug-likeness (QED) is 0.432. The number of benzene rings is 1. The second kappa shape index (κ2) is 11.1. The molecule has 0 aliphatic carbocycles. The molecule has 0 aromatic heterocycles. The molecule has 2 N–H and O–H groups in total. The average Bonchev–Trinajstić information content (AvgIpc) is 2.57. The lowest BCUT2D eigenvalue weighted by Gasteiger charge is -2.27. The maximum Gasteiger partial charge on any atom is 0.409 e. The summed E-state index contributed by atoms with van der Waals surface area (Å²) in [6.45, 7) is 6.85. The van der Waals surface area contributed by atoms with E-state index in [0.29, 0.717) is 0 Å². The molecule has 0 radical (unpaired) electrons. The highest BCUT2D eigenvalue weighted by Gasteiger charge is 2.26. The number of rotatable bonds is 7. The zero-order valence-corrected chi connectivity index (χ0v) is 19.3. The third-order valence-corrected chi connectivity index (χ3v) is 3.88. The van der Waals surface area contributed by atoms with Gasteiger partial charge in [0.2, 0.25) is 3.79 Å². The zero-order chi connectivity index (χ0) is 22.2. The molecule has 10 heteroatoms. The van der Waals surface area contributed by atoms with Gasteiger partial charge in [0.05, 0.1) is 6.04 Å². The molecule has 0 spiro atoms. The van der Waals surface area contributed by atoms with E-state index in [-0.39, 0.29) is 6.42 Å². The first-order valence-corrected chi connectivity index (χ1v) is 10.0. The van der Waals surface area contributed by atoms with Crippen molar-refractivity contribution >= 4 is 47.0 Å². The fourth-order valence-electron chi connectivity index (χ4n) is 2.28. The van der Waals surface area contributed by atoms with Gasteiger partial charge in [0.25, 0.3) is 0 Å². The number of amides is 2. The predicted octanol–water partition coefficient (Wildman–Crippen LogP) is 5.02. The van der Waals surface area contributed by atoms with Crippen molar-refractivity contribution in [3.05, 3.63) is 35.4 Å². The molecule has 0 aliphatic rings. The van der Waals surface area contributed by atoms with E-state index in [0.717, 1.165) is 11.1 Å². The van der Waals surface area contributed by atoms with Gasteiger partial charge in [0.1, 0.15) is 18.4 Å². The monoisotopic (exact) mass is 468 g/mol. The molecular formula is C19H27Cl3N2O5. The van der Waals surface area contributed by atoms with Crippen molar-refractivity contribution in [2.75, 3.05) is 13.7 Å². The summed E-state index contributed by atoms with van der Waals surface area (Å²) >= 11 is 16.7. The summed E-state index contributed by atoms with van der Waals surface area (Å²) in [6.07, 6.45) is -1.97. The van der Waals surface area contributed by atoms with Crippen LogP contribution in [0.4, 0.5) is 9.59 Å². The molecule has 0 heterocycles. The summed E-state index contributed by atoms with van der Waals surface area (Å²) in [4.78, 5) is 24.2. The number of hydrogen-bond donors (Lipinski definition) is 2. The number of alkyl halides is 3. The Labute approximate surface area is 186 Å². The van der Waals surface area contributed by atoms with Crippen LogP contribution in [0.15, 0.2) is 24.3 Å². The smallest absolute Gasteiger partial charge is 0.409 e. The Bertz CT molecular complexity index is 672. The first-order chi connectivity index (χ1) is 13.3. The van der Waals surface area contributed by atoms with Crippen molar-refractivity contribution in [3.63, 3.8) is 0 Å². The van der Waals surface area contributed by atoms with Gasteiger partial charge >= 0.3 is 12.2 Å². The Kier molecular flexibility index (Phi) is 9.82. The van der Waals surface area contributed by atoms with Crippen molar-refractivity contribution in [2.45, 2.75) is 55.8 Å². The highest BCUT2D eigenvalue weighted by molar-refractivity contribution is 6.67. The van der Waals surface area contributed by atoms with Crippen molar-refractivity contribution in [1.82, 2.24) is 10.6 Å². The molecule has 2 amide bonds. The average molecular weight is 470 g/mol. The second-order valence-corrected chi connectivity index (χ2v) is 9.92. The minimum atomic E-state index is -1.72. The van der Waals surface area contributed by atoms with Crippen molar-refractivity contribution < 1.29 is 23.8 Å². The van der Waals surface area contributed by atoms with E-state index < -0.39 is 40.5 Å². The van der Waals surface area contributed by atoms with Crippen LogP contribution in [0.2, 0.25) is 0 Å². The summed E-state index contributed by atoms with van der Waals surface area (Å²) in [5.74, 6) is 0. The molecule has 0 saturated heterocycles. The van der Waals surface area contributed by atoms with Gasteiger partial charge in [-0.3, -0.25) is 5.32 Å². The lowest BCUT2D eigenvalue weighted by molar-refractivity contribution is 0.0380. The van der Waals surface area contributed by atoms with Crippen LogP contribution in [0.1, 0.15) is 44.4 Å². The number of ether oxygens (including phenoxy) is 3. The number of halogens is 3. The van der Waals surface area contributed by atoms with Crippen LogP contribution in [-0.2, 0) is 14.2 Å². The highest BCUT2D eigenvalue weighted by atomic mass is 35.6. The van der Waals surface area contributed by atoms with Gasteiger partial charge in [-0.05, 0) is 33.3 Å². The summed E-state index contributed by atoms with van der Waals surface area (Å²) in [6, 6.07) is 7.10. The number of carbonyl (C=O) groups excluding carboxylic acids is 2.